The third-order valence-corrected chi connectivity index (χ3v) is 8.87. The quantitative estimate of drug-likeness (QED) is 0.146. The minimum Gasteiger partial charge on any atom is -0.308 e. The van der Waals surface area contributed by atoms with E-state index < -0.39 is 0 Å². The van der Waals surface area contributed by atoms with Gasteiger partial charge in [-0.05, 0) is 90.5 Å². The molecule has 7 aromatic carbocycles. The molecule has 0 fully saturated rings. The summed E-state index contributed by atoms with van der Waals surface area (Å²) in [4.78, 5) is 12.1. The third kappa shape index (κ3) is 6.59. The summed E-state index contributed by atoms with van der Waals surface area (Å²) < 4.78 is 0. The first-order chi connectivity index (χ1) is 25.3. The minimum absolute atomic E-state index is 0.803. The van der Waals surface area contributed by atoms with Crippen LogP contribution in [0.1, 0.15) is 0 Å². The molecule has 0 aliphatic rings. The van der Waals surface area contributed by atoms with Gasteiger partial charge in [0.1, 0.15) is 5.82 Å². The molecule has 51 heavy (non-hydrogen) atoms. The molecule has 0 aliphatic heterocycles. The summed E-state index contributed by atoms with van der Waals surface area (Å²) >= 11 is 0. The van der Waals surface area contributed by atoms with E-state index in [0.717, 1.165) is 62.4 Å². The summed E-state index contributed by atoms with van der Waals surface area (Å²) in [6.45, 7) is 0. The number of nitrogens with zero attached hydrogens (tertiary/aromatic N) is 4. The highest BCUT2D eigenvalue weighted by atomic mass is 15.3. The van der Waals surface area contributed by atoms with Crippen molar-refractivity contribution in [1.82, 2.24) is 4.98 Å². The SMILES string of the molecule is c1ccc(-c2ccc(N(c3ccccc3N(c3ccccc3)c3ccccc3)c3ccccc3N(c3ccccc3)c3ccccc3)nc2)cc1. The van der Waals surface area contributed by atoms with Gasteiger partial charge < -0.3 is 9.80 Å². The number of benzene rings is 7. The molecule has 1 aromatic heterocycles. The molecule has 0 N–H and O–H groups in total. The maximum absolute atomic E-state index is 5.19. The Balaban J connectivity index is 1.38. The van der Waals surface area contributed by atoms with Crippen LogP contribution in [0.25, 0.3) is 11.1 Å². The van der Waals surface area contributed by atoms with Crippen LogP contribution in [0.4, 0.5) is 51.3 Å². The number of hydrogen-bond donors (Lipinski definition) is 0. The Labute approximate surface area is 299 Å². The monoisotopic (exact) mass is 656 g/mol. The highest BCUT2D eigenvalue weighted by Gasteiger charge is 2.26. The second-order valence-corrected chi connectivity index (χ2v) is 12.1. The van der Waals surface area contributed by atoms with Crippen molar-refractivity contribution >= 4 is 51.3 Å². The summed E-state index contributed by atoms with van der Waals surface area (Å²) in [6.07, 6.45) is 1.97. The molecule has 0 spiro atoms. The molecule has 4 heteroatoms. The fourth-order valence-electron chi connectivity index (χ4n) is 6.54. The normalized spacial score (nSPS) is 10.7. The van der Waals surface area contributed by atoms with E-state index in [2.05, 4.69) is 221 Å². The van der Waals surface area contributed by atoms with E-state index in [9.17, 15) is 0 Å². The van der Waals surface area contributed by atoms with Gasteiger partial charge in [-0.3, -0.25) is 4.90 Å². The Morgan fingerprint density at radius 3 is 0.902 bits per heavy atom. The highest BCUT2D eigenvalue weighted by molar-refractivity contribution is 5.96. The topological polar surface area (TPSA) is 22.6 Å². The summed E-state index contributed by atoms with van der Waals surface area (Å²) in [7, 11) is 0. The van der Waals surface area contributed by atoms with Crippen LogP contribution >= 0.6 is 0 Å². The van der Waals surface area contributed by atoms with Crippen LogP contribution in [0.3, 0.4) is 0 Å². The van der Waals surface area contributed by atoms with E-state index >= 15 is 0 Å². The average Bonchev–Trinajstić information content (AvgIpc) is 3.22. The predicted octanol–water partition coefficient (Wildman–Crippen LogP) is 13.2. The summed E-state index contributed by atoms with van der Waals surface area (Å²) in [5.74, 6) is 0.803. The lowest BCUT2D eigenvalue weighted by molar-refractivity contribution is 1.15. The van der Waals surface area contributed by atoms with Crippen LogP contribution in [-0.4, -0.2) is 4.98 Å². The Kier molecular flexibility index (Phi) is 9.03. The second-order valence-electron chi connectivity index (χ2n) is 12.1. The van der Waals surface area contributed by atoms with Crippen molar-refractivity contribution in [1.29, 1.82) is 0 Å². The van der Waals surface area contributed by atoms with Crippen LogP contribution in [0.15, 0.2) is 219 Å². The zero-order valence-corrected chi connectivity index (χ0v) is 28.1. The van der Waals surface area contributed by atoms with Crippen molar-refractivity contribution in [3.63, 3.8) is 0 Å². The molecule has 8 rings (SSSR count). The molecular formula is C47H36N4. The fraction of sp³-hybridized carbons (Fsp3) is 0. The molecule has 8 aromatic rings. The Hall–Kier alpha value is -6.91. The molecule has 4 nitrogen and oxygen atoms in total. The predicted molar refractivity (Wildman–Crippen MR) is 214 cm³/mol. The van der Waals surface area contributed by atoms with Crippen LogP contribution in [-0.2, 0) is 0 Å². The number of aromatic nitrogens is 1. The van der Waals surface area contributed by atoms with Gasteiger partial charge in [0.15, 0.2) is 0 Å². The first-order valence-electron chi connectivity index (χ1n) is 17.2. The molecule has 1 heterocycles. The zero-order valence-electron chi connectivity index (χ0n) is 28.1. The van der Waals surface area contributed by atoms with Crippen molar-refractivity contribution in [2.75, 3.05) is 14.7 Å². The molecule has 0 radical (unpaired) electrons. The van der Waals surface area contributed by atoms with Crippen molar-refractivity contribution in [2.24, 2.45) is 0 Å². The lowest BCUT2D eigenvalue weighted by atomic mass is 10.1. The third-order valence-electron chi connectivity index (χ3n) is 8.87. The minimum atomic E-state index is 0.803. The lowest BCUT2D eigenvalue weighted by Crippen LogP contribution is -2.20. The van der Waals surface area contributed by atoms with E-state index in [1.54, 1.807) is 0 Å². The first-order valence-corrected chi connectivity index (χ1v) is 17.2. The molecule has 0 saturated carbocycles. The molecule has 0 amide bonds. The Bertz CT molecular complexity index is 2090. The van der Waals surface area contributed by atoms with E-state index in [-0.39, 0.29) is 0 Å². The van der Waals surface area contributed by atoms with Gasteiger partial charge in [-0.25, -0.2) is 4.98 Å². The van der Waals surface area contributed by atoms with Gasteiger partial charge in [0.25, 0.3) is 0 Å². The average molecular weight is 657 g/mol. The number of para-hydroxylation sites is 8. The van der Waals surface area contributed by atoms with Crippen LogP contribution in [0.2, 0.25) is 0 Å². The maximum atomic E-state index is 5.19. The van der Waals surface area contributed by atoms with Gasteiger partial charge in [-0.2, -0.15) is 0 Å². The van der Waals surface area contributed by atoms with Crippen molar-refractivity contribution < 1.29 is 0 Å². The smallest absolute Gasteiger partial charge is 0.137 e. The molecule has 0 bridgehead atoms. The van der Waals surface area contributed by atoms with E-state index in [1.807, 2.05) is 12.3 Å². The number of anilines is 9. The lowest BCUT2D eigenvalue weighted by Gasteiger charge is -2.35. The van der Waals surface area contributed by atoms with E-state index in [0.29, 0.717) is 0 Å². The molecule has 0 saturated heterocycles. The van der Waals surface area contributed by atoms with Gasteiger partial charge in [-0.15, -0.1) is 0 Å². The fourth-order valence-corrected chi connectivity index (χ4v) is 6.54. The van der Waals surface area contributed by atoms with Crippen LogP contribution in [0, 0.1) is 0 Å². The van der Waals surface area contributed by atoms with Gasteiger partial charge >= 0.3 is 0 Å². The number of hydrogen-bond acceptors (Lipinski definition) is 4. The molecule has 0 atom stereocenters. The standard InChI is InChI=1S/C47H36N4/c1-6-20-37(21-7-1)38-34-35-47(48-36-38)51(45-32-18-16-30-43(45)49(39-22-8-2-9-23-39)40-24-10-3-11-25-40)46-33-19-17-31-44(46)50(41-26-12-4-13-27-41)42-28-14-5-15-29-42/h1-36H. The Morgan fingerprint density at radius 1 is 0.255 bits per heavy atom. The van der Waals surface area contributed by atoms with E-state index in [4.69, 9.17) is 4.98 Å². The first kappa shape index (κ1) is 31.4. The largest absolute Gasteiger partial charge is 0.308 e. The van der Waals surface area contributed by atoms with Gasteiger partial charge in [-0.1, -0.05) is 127 Å². The summed E-state index contributed by atoms with van der Waals surface area (Å²) in [6, 6.07) is 74.0. The highest BCUT2D eigenvalue weighted by Crippen LogP contribution is 2.49. The number of pyridine rings is 1. The van der Waals surface area contributed by atoms with Crippen LogP contribution in [0.5, 0.6) is 0 Å². The van der Waals surface area contributed by atoms with E-state index in [1.165, 1.54) is 0 Å². The summed E-state index contributed by atoms with van der Waals surface area (Å²) in [5, 5.41) is 0. The molecule has 244 valence electrons. The van der Waals surface area contributed by atoms with Gasteiger partial charge in [0.05, 0.1) is 22.7 Å². The summed E-state index contributed by atoms with van der Waals surface area (Å²) in [5.41, 5.74) is 10.4. The van der Waals surface area contributed by atoms with Gasteiger partial charge in [0, 0.05) is 34.5 Å². The van der Waals surface area contributed by atoms with Gasteiger partial charge in [0.2, 0.25) is 0 Å². The maximum Gasteiger partial charge on any atom is 0.137 e. The number of rotatable bonds is 10. The molecule has 0 unspecified atom stereocenters. The van der Waals surface area contributed by atoms with Crippen molar-refractivity contribution in [3.8, 4) is 11.1 Å². The Morgan fingerprint density at radius 2 is 0.569 bits per heavy atom. The van der Waals surface area contributed by atoms with Crippen molar-refractivity contribution in [3.05, 3.63) is 219 Å². The zero-order chi connectivity index (χ0) is 34.2. The molecular weight excluding hydrogens is 621 g/mol. The van der Waals surface area contributed by atoms with Crippen molar-refractivity contribution in [2.45, 2.75) is 0 Å². The van der Waals surface area contributed by atoms with Crippen LogP contribution < -0.4 is 14.7 Å². The second kappa shape index (κ2) is 14.7. The molecule has 0 aliphatic carbocycles.